The monoisotopic (exact) mass is 382 g/mol. The standard InChI is InChI=1S/C20H26N6O2/c1-13-15(11-24(2)23-13)19(28)25-9-6-20(7-10-25)17-16(21-12-22-17)5-8-26(20)18(27)14-3-4-14/h11-12,14H,3-10H2,1-2H3,(H,21,22). The number of imidazole rings is 1. The maximum atomic E-state index is 13.0. The lowest BCUT2D eigenvalue weighted by Gasteiger charge is -2.50. The van der Waals surface area contributed by atoms with Crippen molar-refractivity contribution in [1.82, 2.24) is 29.5 Å². The van der Waals surface area contributed by atoms with Crippen LogP contribution in [-0.2, 0) is 23.8 Å². The molecule has 1 N–H and O–H groups in total. The lowest BCUT2D eigenvalue weighted by atomic mass is 9.78. The quantitative estimate of drug-likeness (QED) is 0.850. The highest BCUT2D eigenvalue weighted by atomic mass is 16.2. The number of carbonyl (C=O) groups is 2. The SMILES string of the molecule is Cc1nn(C)cc1C(=O)N1CCC2(CC1)c1nc[nH]c1CCN2C(=O)C1CC1. The van der Waals surface area contributed by atoms with Crippen molar-refractivity contribution in [3.63, 3.8) is 0 Å². The normalized spacial score (nSPS) is 21.1. The number of rotatable bonds is 2. The van der Waals surface area contributed by atoms with Gasteiger partial charge in [-0.15, -0.1) is 0 Å². The Hall–Kier alpha value is -2.64. The number of aromatic nitrogens is 4. The maximum Gasteiger partial charge on any atom is 0.257 e. The number of aryl methyl sites for hydroxylation is 2. The number of hydrogen-bond acceptors (Lipinski definition) is 4. The van der Waals surface area contributed by atoms with Crippen LogP contribution < -0.4 is 0 Å². The topological polar surface area (TPSA) is 87.1 Å². The molecule has 2 aliphatic heterocycles. The molecule has 2 fully saturated rings. The average molecular weight is 382 g/mol. The Morgan fingerprint density at radius 2 is 1.96 bits per heavy atom. The number of likely N-dealkylation sites (tertiary alicyclic amines) is 1. The molecule has 3 aliphatic rings. The van der Waals surface area contributed by atoms with E-state index in [0.717, 1.165) is 55.7 Å². The van der Waals surface area contributed by atoms with Crippen LogP contribution in [0.25, 0.3) is 0 Å². The van der Waals surface area contributed by atoms with Gasteiger partial charge in [0, 0.05) is 50.9 Å². The van der Waals surface area contributed by atoms with E-state index in [4.69, 9.17) is 0 Å². The van der Waals surface area contributed by atoms with Gasteiger partial charge in [-0.2, -0.15) is 5.10 Å². The Morgan fingerprint density at radius 1 is 1.21 bits per heavy atom. The van der Waals surface area contributed by atoms with Gasteiger partial charge < -0.3 is 14.8 Å². The summed E-state index contributed by atoms with van der Waals surface area (Å²) in [7, 11) is 1.83. The summed E-state index contributed by atoms with van der Waals surface area (Å²) in [6.07, 6.45) is 7.83. The van der Waals surface area contributed by atoms with Crippen LogP contribution in [0.2, 0.25) is 0 Å². The van der Waals surface area contributed by atoms with Crippen molar-refractivity contribution >= 4 is 11.8 Å². The van der Waals surface area contributed by atoms with Crippen LogP contribution >= 0.6 is 0 Å². The molecule has 2 amide bonds. The minimum Gasteiger partial charge on any atom is -0.348 e. The minimum absolute atomic E-state index is 0.0265. The Balaban J connectivity index is 1.41. The largest absolute Gasteiger partial charge is 0.348 e. The van der Waals surface area contributed by atoms with Gasteiger partial charge in [0.05, 0.1) is 28.8 Å². The highest BCUT2D eigenvalue weighted by Gasteiger charge is 2.51. The first-order valence-corrected chi connectivity index (χ1v) is 10.1. The highest BCUT2D eigenvalue weighted by Crippen LogP contribution is 2.45. The maximum absolute atomic E-state index is 13.0. The number of nitrogens with zero attached hydrogens (tertiary/aromatic N) is 5. The van der Waals surface area contributed by atoms with Crippen LogP contribution in [0.1, 0.15) is 53.1 Å². The number of H-pyrrole nitrogens is 1. The third-order valence-electron chi connectivity index (χ3n) is 6.58. The van der Waals surface area contributed by atoms with E-state index in [9.17, 15) is 9.59 Å². The molecule has 1 saturated heterocycles. The van der Waals surface area contributed by atoms with Crippen LogP contribution in [0.15, 0.2) is 12.5 Å². The number of amides is 2. The zero-order valence-electron chi connectivity index (χ0n) is 16.4. The van der Waals surface area contributed by atoms with Crippen molar-refractivity contribution in [3.8, 4) is 0 Å². The summed E-state index contributed by atoms with van der Waals surface area (Å²) in [4.78, 5) is 37.9. The molecule has 2 aromatic rings. The molecular formula is C20H26N6O2. The Morgan fingerprint density at radius 3 is 2.61 bits per heavy atom. The first kappa shape index (κ1) is 17.5. The summed E-state index contributed by atoms with van der Waals surface area (Å²) in [5, 5.41) is 4.30. The molecule has 2 aromatic heterocycles. The van der Waals surface area contributed by atoms with Crippen molar-refractivity contribution in [1.29, 1.82) is 0 Å². The zero-order valence-corrected chi connectivity index (χ0v) is 16.4. The summed E-state index contributed by atoms with van der Waals surface area (Å²) in [6, 6.07) is 0. The summed E-state index contributed by atoms with van der Waals surface area (Å²) < 4.78 is 1.68. The molecule has 8 nitrogen and oxygen atoms in total. The molecule has 0 aromatic carbocycles. The summed E-state index contributed by atoms with van der Waals surface area (Å²) in [5.74, 6) is 0.491. The van der Waals surface area contributed by atoms with Crippen molar-refractivity contribution in [2.45, 2.75) is 44.6 Å². The smallest absolute Gasteiger partial charge is 0.257 e. The molecule has 148 valence electrons. The van der Waals surface area contributed by atoms with Gasteiger partial charge in [-0.1, -0.05) is 0 Å². The van der Waals surface area contributed by atoms with Crippen molar-refractivity contribution in [3.05, 3.63) is 35.2 Å². The molecule has 0 radical (unpaired) electrons. The van der Waals surface area contributed by atoms with Gasteiger partial charge in [-0.25, -0.2) is 4.98 Å². The molecule has 0 unspecified atom stereocenters. The number of carbonyl (C=O) groups excluding carboxylic acids is 2. The van der Waals surface area contributed by atoms with Crippen LogP contribution in [0.3, 0.4) is 0 Å². The summed E-state index contributed by atoms with van der Waals surface area (Å²) in [5.41, 5.74) is 3.19. The molecule has 1 aliphatic carbocycles. The van der Waals surface area contributed by atoms with Crippen molar-refractivity contribution in [2.75, 3.05) is 19.6 Å². The van der Waals surface area contributed by atoms with Gasteiger partial charge in [0.2, 0.25) is 5.91 Å². The van der Waals surface area contributed by atoms with E-state index in [1.165, 1.54) is 0 Å². The molecule has 5 rings (SSSR count). The second-order valence-electron chi connectivity index (χ2n) is 8.37. The van der Waals surface area contributed by atoms with Crippen LogP contribution in [0.4, 0.5) is 0 Å². The second kappa shape index (κ2) is 6.18. The lowest BCUT2D eigenvalue weighted by Crippen LogP contribution is -2.59. The first-order valence-electron chi connectivity index (χ1n) is 10.1. The van der Waals surface area contributed by atoms with E-state index in [0.29, 0.717) is 18.7 Å². The van der Waals surface area contributed by atoms with E-state index in [1.807, 2.05) is 18.9 Å². The van der Waals surface area contributed by atoms with E-state index in [2.05, 4.69) is 20.0 Å². The first-order chi connectivity index (χ1) is 13.5. The fraction of sp³-hybridized carbons (Fsp3) is 0.600. The second-order valence-corrected chi connectivity index (χ2v) is 8.37. The van der Waals surface area contributed by atoms with Gasteiger partial charge in [0.1, 0.15) is 0 Å². The Labute approximate surface area is 163 Å². The molecule has 0 bridgehead atoms. The van der Waals surface area contributed by atoms with E-state index in [1.54, 1.807) is 17.2 Å². The molecule has 1 spiro atoms. The van der Waals surface area contributed by atoms with Crippen LogP contribution in [0, 0.1) is 12.8 Å². The molecule has 4 heterocycles. The summed E-state index contributed by atoms with van der Waals surface area (Å²) >= 11 is 0. The minimum atomic E-state index is -0.381. The lowest BCUT2D eigenvalue weighted by molar-refractivity contribution is -0.143. The number of fused-ring (bicyclic) bond motifs is 2. The fourth-order valence-corrected chi connectivity index (χ4v) is 4.92. The third kappa shape index (κ3) is 2.57. The molecule has 1 saturated carbocycles. The van der Waals surface area contributed by atoms with Gasteiger partial charge in [-0.05, 0) is 32.6 Å². The average Bonchev–Trinajstić information content (AvgIpc) is 3.33. The van der Waals surface area contributed by atoms with Crippen molar-refractivity contribution < 1.29 is 9.59 Å². The molecule has 0 atom stereocenters. The Bertz CT molecular complexity index is 932. The van der Waals surface area contributed by atoms with E-state index >= 15 is 0 Å². The van der Waals surface area contributed by atoms with Crippen molar-refractivity contribution in [2.24, 2.45) is 13.0 Å². The third-order valence-corrected chi connectivity index (χ3v) is 6.58. The molecule has 28 heavy (non-hydrogen) atoms. The molecule has 8 heteroatoms. The van der Waals surface area contributed by atoms with E-state index in [-0.39, 0.29) is 23.3 Å². The van der Waals surface area contributed by atoms with Gasteiger partial charge >= 0.3 is 0 Å². The number of aromatic amines is 1. The van der Waals surface area contributed by atoms with Crippen LogP contribution in [0.5, 0.6) is 0 Å². The molecular weight excluding hydrogens is 356 g/mol. The highest BCUT2D eigenvalue weighted by molar-refractivity contribution is 5.95. The number of piperidine rings is 1. The number of nitrogens with one attached hydrogen (secondary N) is 1. The summed E-state index contributed by atoms with van der Waals surface area (Å²) in [6.45, 7) is 3.84. The predicted molar refractivity (Wildman–Crippen MR) is 101 cm³/mol. The number of hydrogen-bond donors (Lipinski definition) is 1. The fourth-order valence-electron chi connectivity index (χ4n) is 4.92. The van der Waals surface area contributed by atoms with E-state index < -0.39 is 0 Å². The van der Waals surface area contributed by atoms with Crippen LogP contribution in [-0.4, -0.2) is 61.0 Å². The zero-order chi connectivity index (χ0) is 19.5. The predicted octanol–water partition coefficient (Wildman–Crippen LogP) is 1.38. The van der Waals surface area contributed by atoms with Gasteiger partial charge in [-0.3, -0.25) is 14.3 Å². The Kier molecular flexibility index (Phi) is 3.86. The van der Waals surface area contributed by atoms with Gasteiger partial charge in [0.15, 0.2) is 0 Å². The van der Waals surface area contributed by atoms with Gasteiger partial charge in [0.25, 0.3) is 5.91 Å².